The van der Waals surface area contributed by atoms with Gasteiger partial charge in [0.2, 0.25) is 0 Å². The molecule has 0 saturated heterocycles. The van der Waals surface area contributed by atoms with Crippen molar-refractivity contribution in [3.8, 4) is 11.3 Å². The Hall–Kier alpha value is -4.95. The molecule has 0 spiro atoms. The number of carbonyl (C=O) groups excluding carboxylic acids is 2. The summed E-state index contributed by atoms with van der Waals surface area (Å²) in [5.74, 6) is -0.127. The summed E-state index contributed by atoms with van der Waals surface area (Å²) >= 11 is 0. The minimum atomic E-state index is -0.148. The van der Waals surface area contributed by atoms with Crippen molar-refractivity contribution < 1.29 is 9.59 Å². The number of hydrogen-bond acceptors (Lipinski definition) is 4. The van der Waals surface area contributed by atoms with Crippen LogP contribution in [0.25, 0.3) is 11.3 Å². The van der Waals surface area contributed by atoms with Crippen LogP contribution in [0.2, 0.25) is 0 Å². The summed E-state index contributed by atoms with van der Waals surface area (Å²) in [5, 5.41) is 7.80. The lowest BCUT2D eigenvalue weighted by molar-refractivity contribution is 0.0658. The van der Waals surface area contributed by atoms with E-state index in [9.17, 15) is 9.59 Å². The Balaban J connectivity index is 1.33. The largest absolute Gasteiger partial charge is 0.347 e. The number of nitrogens with zero attached hydrogens (tertiary/aromatic N) is 5. The topological polar surface area (TPSA) is 75.4 Å². The molecular formula is C37H38N6O2. The van der Waals surface area contributed by atoms with Crippen molar-refractivity contribution >= 4 is 23.2 Å². The maximum atomic E-state index is 14.5. The summed E-state index contributed by atoms with van der Waals surface area (Å²) in [6.45, 7) is 6.32. The zero-order chi connectivity index (χ0) is 31.2. The number of rotatable bonds is 5. The first-order chi connectivity index (χ1) is 21.8. The first kappa shape index (κ1) is 28.8. The molecule has 2 amide bonds. The number of para-hydroxylation sites is 1. The maximum absolute atomic E-state index is 14.5. The molecule has 0 unspecified atom stereocenters. The molecule has 8 nitrogen and oxygen atoms in total. The first-order valence-electron chi connectivity index (χ1n) is 15.6. The molecule has 3 aromatic carbocycles. The average molecular weight is 599 g/mol. The van der Waals surface area contributed by atoms with Crippen LogP contribution in [0.15, 0.2) is 85.2 Å². The number of benzene rings is 3. The van der Waals surface area contributed by atoms with Crippen LogP contribution in [0, 0.1) is 6.92 Å². The Morgan fingerprint density at radius 2 is 1.64 bits per heavy atom. The van der Waals surface area contributed by atoms with Crippen LogP contribution in [0.4, 0.5) is 11.4 Å². The van der Waals surface area contributed by atoms with Gasteiger partial charge in [0.1, 0.15) is 0 Å². The second kappa shape index (κ2) is 11.5. The number of hydrogen-bond donors (Lipinski definition) is 1. The summed E-state index contributed by atoms with van der Waals surface area (Å²) in [5.41, 5.74) is 10.2. The maximum Gasteiger partial charge on any atom is 0.264 e. The minimum Gasteiger partial charge on any atom is -0.347 e. The summed E-state index contributed by atoms with van der Waals surface area (Å²) in [4.78, 5) is 32.7. The van der Waals surface area contributed by atoms with E-state index in [2.05, 4.69) is 47.7 Å². The molecule has 0 fully saturated rings. The zero-order valence-corrected chi connectivity index (χ0v) is 26.2. The number of nitrogens with one attached hydrogen (secondary N) is 1. The van der Waals surface area contributed by atoms with Gasteiger partial charge in [0.15, 0.2) is 0 Å². The predicted molar refractivity (Wildman–Crippen MR) is 177 cm³/mol. The first-order valence-corrected chi connectivity index (χ1v) is 15.6. The molecule has 0 aliphatic carbocycles. The molecule has 1 atom stereocenters. The lowest BCUT2D eigenvalue weighted by Crippen LogP contribution is -2.43. The summed E-state index contributed by atoms with van der Waals surface area (Å²) in [6.07, 6.45) is 5.27. The third-order valence-corrected chi connectivity index (χ3v) is 9.43. The molecule has 8 heteroatoms. The van der Waals surface area contributed by atoms with Gasteiger partial charge in [0.05, 0.1) is 17.4 Å². The molecule has 5 aromatic rings. The van der Waals surface area contributed by atoms with E-state index in [-0.39, 0.29) is 17.9 Å². The van der Waals surface area contributed by atoms with E-state index in [1.165, 1.54) is 16.7 Å². The summed E-state index contributed by atoms with van der Waals surface area (Å²) in [7, 11) is 3.82. The lowest BCUT2D eigenvalue weighted by Gasteiger charge is -2.35. The molecule has 2 aliphatic rings. The Bertz CT molecular complexity index is 1920. The van der Waals surface area contributed by atoms with E-state index in [1.807, 2.05) is 79.1 Å². The molecule has 2 aromatic heterocycles. The molecular weight excluding hydrogens is 560 g/mol. The number of amides is 2. The van der Waals surface area contributed by atoms with Crippen LogP contribution < -0.4 is 10.2 Å². The molecule has 4 heterocycles. The Morgan fingerprint density at radius 3 is 2.40 bits per heavy atom. The molecule has 0 saturated carbocycles. The monoisotopic (exact) mass is 598 g/mol. The van der Waals surface area contributed by atoms with Crippen molar-refractivity contribution in [3.63, 3.8) is 0 Å². The normalized spacial score (nSPS) is 15.8. The van der Waals surface area contributed by atoms with E-state index < -0.39 is 0 Å². The molecule has 228 valence electrons. The number of fused-ring (bicyclic) bond motifs is 2. The molecule has 7 rings (SSSR count). The van der Waals surface area contributed by atoms with Gasteiger partial charge < -0.3 is 14.8 Å². The van der Waals surface area contributed by atoms with Gasteiger partial charge in [-0.25, -0.2) is 0 Å². The highest BCUT2D eigenvalue weighted by Gasteiger charge is 2.32. The van der Waals surface area contributed by atoms with E-state index in [4.69, 9.17) is 0 Å². The third kappa shape index (κ3) is 5.15. The summed E-state index contributed by atoms with van der Waals surface area (Å²) in [6, 6.07) is 24.3. The molecule has 0 bridgehead atoms. The van der Waals surface area contributed by atoms with Crippen LogP contribution >= 0.6 is 0 Å². The van der Waals surface area contributed by atoms with Crippen LogP contribution in [0.3, 0.4) is 0 Å². The minimum absolute atomic E-state index is 0.0216. The van der Waals surface area contributed by atoms with Crippen molar-refractivity contribution in [1.82, 2.24) is 24.6 Å². The highest BCUT2D eigenvalue weighted by molar-refractivity contribution is 6.12. The highest BCUT2D eigenvalue weighted by Crippen LogP contribution is 2.36. The van der Waals surface area contributed by atoms with Gasteiger partial charge in [0.25, 0.3) is 11.8 Å². The molecule has 45 heavy (non-hydrogen) atoms. The van der Waals surface area contributed by atoms with E-state index in [0.717, 1.165) is 54.1 Å². The smallest absolute Gasteiger partial charge is 0.264 e. The van der Waals surface area contributed by atoms with E-state index in [0.29, 0.717) is 23.4 Å². The predicted octanol–water partition coefficient (Wildman–Crippen LogP) is 5.95. The third-order valence-electron chi connectivity index (χ3n) is 9.43. The van der Waals surface area contributed by atoms with Crippen molar-refractivity contribution in [1.29, 1.82) is 0 Å². The summed E-state index contributed by atoms with van der Waals surface area (Å²) < 4.78 is 3.75. The zero-order valence-electron chi connectivity index (χ0n) is 26.2. The fourth-order valence-electron chi connectivity index (χ4n) is 6.81. The van der Waals surface area contributed by atoms with Crippen LogP contribution in [0.5, 0.6) is 0 Å². The number of aryl methyl sites for hydroxylation is 1. The number of aromatic nitrogens is 3. The molecule has 1 N–H and O–H groups in total. The highest BCUT2D eigenvalue weighted by atomic mass is 16.2. The SMILES string of the molecule is Cc1c(C(=O)N(c2ccccc2)c2cnn(C)c2)cc(-c2cc3c(cc2C(=O)N2Cc4ccccc4C[C@H]2C)CNCC3)n1C. The number of carbonyl (C=O) groups is 2. The quantitative estimate of drug-likeness (QED) is 0.272. The van der Waals surface area contributed by atoms with E-state index in [1.54, 1.807) is 15.8 Å². The van der Waals surface area contributed by atoms with Gasteiger partial charge in [-0.05, 0) is 85.8 Å². The van der Waals surface area contributed by atoms with Crippen molar-refractivity contribution in [2.24, 2.45) is 14.1 Å². The van der Waals surface area contributed by atoms with Gasteiger partial charge in [-0.15, -0.1) is 0 Å². The van der Waals surface area contributed by atoms with Gasteiger partial charge in [0, 0.05) is 67.6 Å². The van der Waals surface area contributed by atoms with Gasteiger partial charge >= 0.3 is 0 Å². The average Bonchev–Trinajstić information content (AvgIpc) is 3.62. The van der Waals surface area contributed by atoms with Crippen molar-refractivity contribution in [3.05, 3.63) is 124 Å². The lowest BCUT2D eigenvalue weighted by atomic mass is 9.90. The standard InChI is InChI=1S/C37H38N6O2/c1-24-16-26-10-8-9-11-28(26)22-42(24)36(44)34-18-29-20-38-15-14-27(29)17-33(34)35-19-32(25(2)41(35)4)37(45)43(30-12-6-5-7-13-30)31-21-39-40(3)23-31/h5-13,17-19,21,23-24,38H,14-16,20,22H2,1-4H3/t24-/m1/s1. The van der Waals surface area contributed by atoms with Crippen LogP contribution in [-0.4, -0.2) is 43.6 Å². The van der Waals surface area contributed by atoms with Gasteiger partial charge in [-0.3, -0.25) is 19.2 Å². The second-order valence-electron chi connectivity index (χ2n) is 12.3. The van der Waals surface area contributed by atoms with Crippen LogP contribution in [-0.2, 0) is 40.0 Å². The van der Waals surface area contributed by atoms with Crippen LogP contribution in [0.1, 0.15) is 55.6 Å². The fraction of sp³-hybridized carbons (Fsp3) is 0.270. The number of anilines is 2. The Labute approximate surface area is 263 Å². The molecule has 2 aliphatic heterocycles. The van der Waals surface area contributed by atoms with Gasteiger partial charge in [-0.1, -0.05) is 42.5 Å². The van der Waals surface area contributed by atoms with Crippen molar-refractivity contribution in [2.75, 3.05) is 11.4 Å². The second-order valence-corrected chi connectivity index (χ2v) is 12.3. The van der Waals surface area contributed by atoms with Crippen molar-refractivity contribution in [2.45, 2.75) is 45.8 Å². The van der Waals surface area contributed by atoms with Gasteiger partial charge in [-0.2, -0.15) is 5.10 Å². The fourth-order valence-corrected chi connectivity index (χ4v) is 6.81. The Morgan fingerprint density at radius 1 is 0.889 bits per heavy atom. The van der Waals surface area contributed by atoms with E-state index >= 15 is 0 Å². The Kier molecular flexibility index (Phi) is 7.37. The molecule has 0 radical (unpaired) electrons.